The number of ketones is 1. The molecule has 2 aliphatic heterocycles. The Morgan fingerprint density at radius 3 is 2.05 bits per heavy atom. The number of unbranched alkanes of at least 4 members (excludes halogenated alkanes) is 2. The molecular formula is C60H92N6O11. The molecule has 0 saturated carbocycles. The number of nitrogens with one attached hydrogen (secondary N) is 1. The van der Waals surface area contributed by atoms with E-state index in [1.165, 1.54) is 12.0 Å². The highest BCUT2D eigenvalue weighted by Crippen LogP contribution is 2.32. The lowest BCUT2D eigenvalue weighted by Gasteiger charge is -2.41. The molecule has 2 aliphatic rings. The number of nitrogens with zero attached hydrogens (tertiary/aromatic N) is 5. The van der Waals surface area contributed by atoms with Gasteiger partial charge in [0.2, 0.25) is 35.4 Å². The van der Waals surface area contributed by atoms with E-state index < -0.39 is 60.1 Å². The van der Waals surface area contributed by atoms with Crippen molar-refractivity contribution >= 4 is 52.9 Å². The number of hydrogen-bond donors (Lipinski definition) is 2. The summed E-state index contributed by atoms with van der Waals surface area (Å²) in [7, 11) is 8.49. The molecule has 2 N–H and O–H groups in total. The number of likely N-dealkylation sites (N-methyl/N-ethyl adjacent to an activating group) is 2. The number of imide groups is 1. The molecule has 17 nitrogen and oxygen atoms in total. The van der Waals surface area contributed by atoms with Crippen LogP contribution in [-0.2, 0) is 60.7 Å². The van der Waals surface area contributed by atoms with Crippen molar-refractivity contribution in [2.24, 2.45) is 35.5 Å². The molecule has 428 valence electrons. The Balaban J connectivity index is 1.36. The van der Waals surface area contributed by atoms with Gasteiger partial charge in [0, 0.05) is 91.2 Å². The van der Waals surface area contributed by atoms with Crippen LogP contribution in [-0.4, -0.2) is 163 Å². The average Bonchev–Trinajstić information content (AvgIpc) is 3.98. The first-order chi connectivity index (χ1) is 36.5. The smallest absolute Gasteiger partial charge is 0.326 e. The maximum absolute atomic E-state index is 14.8. The lowest BCUT2D eigenvalue weighted by atomic mass is 9.83. The number of carbonyl (C=O) groups excluding carboxylic acids is 7. The van der Waals surface area contributed by atoms with Gasteiger partial charge in [-0.15, -0.1) is 0 Å². The molecule has 2 aromatic carbocycles. The largest absolute Gasteiger partial charge is 0.480 e. The first-order valence-electron chi connectivity index (χ1n) is 28.1. The molecule has 77 heavy (non-hydrogen) atoms. The van der Waals surface area contributed by atoms with Gasteiger partial charge in [-0.05, 0) is 80.2 Å². The maximum Gasteiger partial charge on any atom is 0.326 e. The number of ether oxygens (including phenoxy) is 2. The number of aliphatic carboxylic acids is 1. The number of carboxylic acids is 1. The van der Waals surface area contributed by atoms with Crippen LogP contribution in [0.2, 0.25) is 0 Å². The van der Waals surface area contributed by atoms with Crippen LogP contribution in [0, 0.1) is 35.5 Å². The zero-order valence-corrected chi connectivity index (χ0v) is 48.5. The van der Waals surface area contributed by atoms with Gasteiger partial charge in [0.05, 0.1) is 42.7 Å². The van der Waals surface area contributed by atoms with Gasteiger partial charge in [-0.1, -0.05) is 111 Å². The molecule has 6 amide bonds. The number of carboxylic acid groups (broad SMARTS) is 1. The second kappa shape index (κ2) is 30.6. The van der Waals surface area contributed by atoms with Gasteiger partial charge in [-0.2, -0.15) is 0 Å². The normalized spacial score (nSPS) is 19.0. The van der Waals surface area contributed by atoms with Gasteiger partial charge in [-0.3, -0.25) is 43.4 Å². The van der Waals surface area contributed by atoms with Crippen LogP contribution in [0.5, 0.6) is 0 Å². The van der Waals surface area contributed by atoms with E-state index in [1.54, 1.807) is 49.8 Å². The summed E-state index contributed by atoms with van der Waals surface area (Å²) in [5.74, 6) is -4.22. The van der Waals surface area contributed by atoms with Gasteiger partial charge in [0.15, 0.2) is 5.78 Å². The Morgan fingerprint density at radius 2 is 1.49 bits per heavy atom. The number of amides is 6. The Labute approximate surface area is 459 Å². The van der Waals surface area contributed by atoms with Gasteiger partial charge in [0.1, 0.15) is 6.04 Å². The van der Waals surface area contributed by atoms with Crippen LogP contribution < -0.4 is 10.2 Å². The molecule has 2 heterocycles. The van der Waals surface area contributed by atoms with Crippen molar-refractivity contribution in [2.75, 3.05) is 59.9 Å². The molecular weight excluding hydrogens is 981 g/mol. The second-order valence-corrected chi connectivity index (χ2v) is 22.5. The molecule has 0 radical (unpaired) electrons. The molecule has 0 spiro atoms. The average molecular weight is 1070 g/mol. The van der Waals surface area contributed by atoms with Crippen LogP contribution in [0.4, 0.5) is 5.69 Å². The molecule has 2 saturated heterocycles. The Kier molecular flexibility index (Phi) is 25.4. The zero-order valence-electron chi connectivity index (χ0n) is 48.5. The van der Waals surface area contributed by atoms with Crippen LogP contribution in [0.25, 0.3) is 0 Å². The van der Waals surface area contributed by atoms with Crippen molar-refractivity contribution in [3.05, 3.63) is 65.7 Å². The quantitative estimate of drug-likeness (QED) is 0.0558. The summed E-state index contributed by atoms with van der Waals surface area (Å²) in [6, 6.07) is 14.4. The van der Waals surface area contributed by atoms with Gasteiger partial charge in [-0.25, -0.2) is 4.79 Å². The highest BCUT2D eigenvalue weighted by atomic mass is 16.5. The minimum absolute atomic E-state index is 0.0137. The number of benzene rings is 2. The lowest BCUT2D eigenvalue weighted by Crippen LogP contribution is -2.55. The summed E-state index contributed by atoms with van der Waals surface area (Å²) in [5, 5.41) is 12.7. The number of methoxy groups -OCH3 is 2. The highest BCUT2D eigenvalue weighted by molar-refractivity contribution is 6.03. The number of hydrogen-bond acceptors (Lipinski definition) is 11. The maximum atomic E-state index is 14.8. The minimum Gasteiger partial charge on any atom is -0.480 e. The third kappa shape index (κ3) is 17.5. The lowest BCUT2D eigenvalue weighted by molar-refractivity contribution is -0.149. The van der Waals surface area contributed by atoms with E-state index in [-0.39, 0.29) is 84.7 Å². The van der Waals surface area contributed by atoms with Crippen molar-refractivity contribution in [1.29, 1.82) is 0 Å². The number of Topliss-reactive ketones (excluding diaryl/α,β-unsaturated/α-hetero) is 1. The fraction of sp³-hybridized carbons (Fsp3) is 0.667. The molecule has 2 aromatic rings. The van der Waals surface area contributed by atoms with Crippen molar-refractivity contribution in [3.8, 4) is 0 Å². The van der Waals surface area contributed by atoms with Gasteiger partial charge in [0.25, 0.3) is 0 Å². The van der Waals surface area contributed by atoms with Crippen molar-refractivity contribution in [1.82, 2.24) is 24.9 Å². The van der Waals surface area contributed by atoms with Crippen molar-refractivity contribution < 1.29 is 52.9 Å². The predicted molar refractivity (Wildman–Crippen MR) is 298 cm³/mol. The Hall–Kier alpha value is -5.52. The summed E-state index contributed by atoms with van der Waals surface area (Å²) < 4.78 is 12.0. The van der Waals surface area contributed by atoms with Crippen molar-refractivity contribution in [2.45, 2.75) is 169 Å². The van der Waals surface area contributed by atoms with E-state index in [4.69, 9.17) is 9.47 Å². The van der Waals surface area contributed by atoms with E-state index in [1.807, 2.05) is 103 Å². The SMILES string of the molecule is CC[C@H](C)[C@@H]([C@@H](CC(=O)N1CCC[C@H]1[C@H](OC)[C@@H](C)C(=O)N[C@@H](Cc1ccccc1)C(=O)O)OC)N(C)C(=O)[C@@H](CC(=O)[C@H](C(C)C)N(C)CCc1ccc(N(C)C(=O)CCCCCN2C(=O)CC(C)C2=O)cc1)C(C)C. The molecule has 0 aromatic heterocycles. The topological polar surface area (TPSA) is 203 Å². The highest BCUT2D eigenvalue weighted by Gasteiger charge is 2.44. The molecule has 0 aliphatic carbocycles. The molecule has 17 heteroatoms. The minimum atomic E-state index is -1.15. The summed E-state index contributed by atoms with van der Waals surface area (Å²) in [4.78, 5) is 115. The first kappa shape index (κ1) is 64.0. The molecule has 4 rings (SSSR count). The second-order valence-electron chi connectivity index (χ2n) is 22.5. The Morgan fingerprint density at radius 1 is 0.831 bits per heavy atom. The van der Waals surface area contributed by atoms with Crippen molar-refractivity contribution in [3.63, 3.8) is 0 Å². The third-order valence-corrected chi connectivity index (χ3v) is 16.3. The van der Waals surface area contributed by atoms with Gasteiger partial charge < -0.3 is 34.6 Å². The van der Waals surface area contributed by atoms with Crippen LogP contribution in [0.15, 0.2) is 54.6 Å². The van der Waals surface area contributed by atoms with Crippen LogP contribution in [0.1, 0.15) is 131 Å². The van der Waals surface area contributed by atoms with E-state index in [9.17, 15) is 43.5 Å². The third-order valence-electron chi connectivity index (χ3n) is 16.3. The molecule has 0 bridgehead atoms. The standard InChI is InChI=1S/C60H92N6O11/c1-14-40(6)55(50(76-12)37-53(70)65-32-21-24-48(65)56(77-13)42(8)57(71)61-47(60(74)75)35-44-22-17-15-18-23-44)64(11)59(73)46(38(2)3)36-49(67)54(39(4)5)62(9)33-30-43-26-28-45(29-27-43)63(10)51(68)25-19-16-20-31-66-52(69)34-41(7)58(66)72/h15,17-18,22-23,26-29,38-42,46-48,50,54-56H,14,16,19-21,24-25,30-37H2,1-13H3,(H,61,71)(H,74,75)/t40-,41?,42+,46-,47-,48-,50+,54-,55-,56+/m0/s1. The summed E-state index contributed by atoms with van der Waals surface area (Å²) in [6.07, 6.45) is 4.05. The van der Waals surface area contributed by atoms with Crippen LogP contribution >= 0.6 is 0 Å². The monoisotopic (exact) mass is 1070 g/mol. The Bertz CT molecular complexity index is 2280. The number of rotatable bonds is 32. The van der Waals surface area contributed by atoms with Crippen LogP contribution in [0.3, 0.4) is 0 Å². The van der Waals surface area contributed by atoms with E-state index in [2.05, 4.69) is 10.2 Å². The summed E-state index contributed by atoms with van der Waals surface area (Å²) in [6.45, 7) is 16.9. The molecule has 1 unspecified atom stereocenters. The predicted octanol–water partition coefficient (Wildman–Crippen LogP) is 7.07. The van der Waals surface area contributed by atoms with Gasteiger partial charge >= 0.3 is 5.97 Å². The summed E-state index contributed by atoms with van der Waals surface area (Å²) in [5.41, 5.74) is 2.60. The number of likely N-dealkylation sites (tertiary alicyclic amines) is 2. The number of anilines is 1. The summed E-state index contributed by atoms with van der Waals surface area (Å²) >= 11 is 0. The van der Waals surface area contributed by atoms with E-state index in [0.717, 1.165) is 23.2 Å². The fourth-order valence-corrected chi connectivity index (χ4v) is 11.4. The van der Waals surface area contributed by atoms with E-state index >= 15 is 0 Å². The molecule has 10 atom stereocenters. The zero-order chi connectivity index (χ0) is 57.3. The molecule has 2 fully saturated rings. The fourth-order valence-electron chi connectivity index (χ4n) is 11.4. The van der Waals surface area contributed by atoms with E-state index in [0.29, 0.717) is 64.6 Å². The first-order valence-corrected chi connectivity index (χ1v) is 28.1. The number of carbonyl (C=O) groups is 8.